The van der Waals surface area contributed by atoms with Gasteiger partial charge in [-0.1, -0.05) is 57.9 Å². The van der Waals surface area contributed by atoms with Crippen molar-refractivity contribution in [3.8, 4) is 0 Å². The third kappa shape index (κ3) is 3.24. The molecule has 0 radical (unpaired) electrons. The van der Waals surface area contributed by atoms with E-state index in [4.69, 9.17) is 11.6 Å². The summed E-state index contributed by atoms with van der Waals surface area (Å²) < 4.78 is 0. The van der Waals surface area contributed by atoms with Crippen LogP contribution in [0, 0.1) is 0 Å². The van der Waals surface area contributed by atoms with E-state index in [9.17, 15) is 0 Å². The molecular weight excluding hydrogens is 352 g/mol. The lowest BCUT2D eigenvalue weighted by molar-refractivity contribution is 0.663. The third-order valence-corrected chi connectivity index (χ3v) is 6.17. The number of fused-ring (bicyclic) bond motifs is 1. The molecule has 0 aromatic heterocycles. The molecular formula is C17H16BrClS. The summed E-state index contributed by atoms with van der Waals surface area (Å²) in [6.07, 6.45) is 2.39. The second kappa shape index (κ2) is 6.55. The number of hydrogen-bond donors (Lipinski definition) is 0. The Bertz CT molecular complexity index is 557. The van der Waals surface area contributed by atoms with Crippen LogP contribution >= 0.6 is 39.3 Å². The monoisotopic (exact) mass is 366 g/mol. The second-order valence-corrected chi connectivity index (χ2v) is 7.62. The van der Waals surface area contributed by atoms with E-state index in [1.807, 2.05) is 23.9 Å². The third-order valence-electron chi connectivity index (χ3n) is 3.79. The first-order valence-corrected chi connectivity index (χ1v) is 9.20. The summed E-state index contributed by atoms with van der Waals surface area (Å²) in [5.41, 5.74) is 2.88. The van der Waals surface area contributed by atoms with E-state index in [-0.39, 0.29) is 0 Å². The minimum Gasteiger partial charge on any atom is -0.122 e. The van der Waals surface area contributed by atoms with E-state index in [0.717, 1.165) is 10.4 Å². The number of benzene rings is 2. The van der Waals surface area contributed by atoms with Crippen molar-refractivity contribution in [3.05, 3.63) is 64.7 Å². The van der Waals surface area contributed by atoms with E-state index in [1.54, 1.807) is 0 Å². The van der Waals surface area contributed by atoms with Crippen LogP contribution in [0.25, 0.3) is 0 Å². The first-order valence-electron chi connectivity index (χ1n) is 6.82. The lowest BCUT2D eigenvalue weighted by Crippen LogP contribution is -2.10. The van der Waals surface area contributed by atoms with Crippen molar-refractivity contribution in [1.82, 2.24) is 0 Å². The van der Waals surface area contributed by atoms with Gasteiger partial charge < -0.3 is 0 Å². The van der Waals surface area contributed by atoms with Gasteiger partial charge in [0.25, 0.3) is 0 Å². The Balaban J connectivity index is 1.69. The van der Waals surface area contributed by atoms with E-state index in [0.29, 0.717) is 11.2 Å². The van der Waals surface area contributed by atoms with Crippen LogP contribution in [0.3, 0.4) is 0 Å². The predicted octanol–water partition coefficient (Wildman–Crippen LogP) is 5.93. The Morgan fingerprint density at radius 1 is 1.15 bits per heavy atom. The maximum absolute atomic E-state index is 5.97. The number of thioether (sulfide) groups is 1. The van der Waals surface area contributed by atoms with Gasteiger partial charge in [0.05, 0.1) is 0 Å². The van der Waals surface area contributed by atoms with Crippen molar-refractivity contribution < 1.29 is 0 Å². The van der Waals surface area contributed by atoms with Gasteiger partial charge in [0, 0.05) is 20.5 Å². The highest BCUT2D eigenvalue weighted by Crippen LogP contribution is 2.41. The van der Waals surface area contributed by atoms with Crippen molar-refractivity contribution in [2.24, 2.45) is 0 Å². The molecule has 1 aliphatic heterocycles. The Kier molecular flexibility index (Phi) is 4.75. The summed E-state index contributed by atoms with van der Waals surface area (Å²) in [7, 11) is 0. The lowest BCUT2D eigenvalue weighted by Gasteiger charge is -2.18. The molecule has 1 aliphatic rings. The zero-order valence-corrected chi connectivity index (χ0v) is 14.2. The molecule has 20 heavy (non-hydrogen) atoms. The van der Waals surface area contributed by atoms with Gasteiger partial charge in [0.15, 0.2) is 0 Å². The molecule has 0 bridgehead atoms. The summed E-state index contributed by atoms with van der Waals surface area (Å²) in [5, 5.41) is 2.50. The average Bonchev–Trinajstić information content (AvgIpc) is 2.88. The van der Waals surface area contributed by atoms with Crippen LogP contribution in [-0.4, -0.2) is 10.6 Å². The van der Waals surface area contributed by atoms with Gasteiger partial charge in [-0.2, -0.15) is 0 Å². The topological polar surface area (TPSA) is 0 Å². The maximum atomic E-state index is 5.97. The number of rotatable bonds is 4. The Labute approximate surface area is 138 Å². The molecule has 0 nitrogen and oxygen atoms in total. The smallest absolute Gasteiger partial charge is 0.0406 e. The van der Waals surface area contributed by atoms with Crippen molar-refractivity contribution in [1.29, 1.82) is 0 Å². The fourth-order valence-corrected chi connectivity index (χ4v) is 4.90. The quantitative estimate of drug-likeness (QED) is 0.604. The lowest BCUT2D eigenvalue weighted by atomic mass is 9.94. The fourth-order valence-electron chi connectivity index (χ4n) is 2.73. The molecule has 0 N–H and O–H groups in total. The van der Waals surface area contributed by atoms with Gasteiger partial charge in [-0.25, -0.2) is 0 Å². The molecule has 2 unspecified atom stereocenters. The summed E-state index contributed by atoms with van der Waals surface area (Å²) in [4.78, 5) is 1.46. The number of halogens is 2. The predicted molar refractivity (Wildman–Crippen MR) is 92.4 cm³/mol. The van der Waals surface area contributed by atoms with E-state index in [2.05, 4.69) is 52.3 Å². The van der Waals surface area contributed by atoms with Crippen molar-refractivity contribution in [2.75, 3.05) is 5.33 Å². The highest BCUT2D eigenvalue weighted by Gasteiger charge is 2.25. The first-order chi connectivity index (χ1) is 9.76. The van der Waals surface area contributed by atoms with Crippen LogP contribution in [0.1, 0.15) is 23.5 Å². The van der Waals surface area contributed by atoms with Crippen molar-refractivity contribution in [3.63, 3.8) is 0 Å². The van der Waals surface area contributed by atoms with Crippen LogP contribution in [0.4, 0.5) is 0 Å². The van der Waals surface area contributed by atoms with E-state index < -0.39 is 0 Å². The molecule has 1 heterocycles. The Hall–Kier alpha value is -0.440. The summed E-state index contributed by atoms with van der Waals surface area (Å²) >= 11 is 11.7. The summed E-state index contributed by atoms with van der Waals surface area (Å²) in [5.74, 6) is 0.555. The SMILES string of the molecule is Clc1ccc(C(CBr)CC2Cc3ccccc3S2)cc1. The van der Waals surface area contributed by atoms with E-state index in [1.165, 1.54) is 28.9 Å². The largest absolute Gasteiger partial charge is 0.122 e. The molecule has 0 amide bonds. The first kappa shape index (κ1) is 14.5. The average molecular weight is 368 g/mol. The Morgan fingerprint density at radius 3 is 2.60 bits per heavy atom. The molecule has 2 atom stereocenters. The molecule has 2 aromatic rings. The summed E-state index contributed by atoms with van der Waals surface area (Å²) in [6.45, 7) is 0. The van der Waals surface area contributed by atoms with Crippen LogP contribution in [-0.2, 0) is 6.42 Å². The van der Waals surface area contributed by atoms with Gasteiger partial charge >= 0.3 is 0 Å². The molecule has 104 valence electrons. The van der Waals surface area contributed by atoms with Crippen LogP contribution < -0.4 is 0 Å². The molecule has 0 saturated carbocycles. The minimum atomic E-state index is 0.555. The standard InChI is InChI=1S/C17H16BrClS/c18-11-14(12-5-7-15(19)8-6-12)10-16-9-13-3-1-2-4-17(13)20-16/h1-8,14,16H,9-11H2. The minimum absolute atomic E-state index is 0.555. The molecule has 3 rings (SSSR count). The second-order valence-electron chi connectivity index (χ2n) is 5.19. The van der Waals surface area contributed by atoms with E-state index >= 15 is 0 Å². The van der Waals surface area contributed by atoms with Crippen molar-refractivity contribution >= 4 is 39.3 Å². The normalized spacial score (nSPS) is 18.8. The van der Waals surface area contributed by atoms with Gasteiger partial charge in [0.1, 0.15) is 0 Å². The number of hydrogen-bond acceptors (Lipinski definition) is 1. The van der Waals surface area contributed by atoms with Crippen molar-refractivity contribution in [2.45, 2.75) is 28.9 Å². The van der Waals surface area contributed by atoms with Crippen LogP contribution in [0.15, 0.2) is 53.4 Å². The summed E-state index contributed by atoms with van der Waals surface area (Å²) in [6, 6.07) is 17.1. The molecule has 2 aromatic carbocycles. The van der Waals surface area contributed by atoms with Gasteiger partial charge in [-0.3, -0.25) is 0 Å². The van der Waals surface area contributed by atoms with Crippen LogP contribution in [0.2, 0.25) is 5.02 Å². The fraction of sp³-hybridized carbons (Fsp3) is 0.294. The maximum Gasteiger partial charge on any atom is 0.0406 e. The molecule has 0 aliphatic carbocycles. The van der Waals surface area contributed by atoms with Gasteiger partial charge in [-0.05, 0) is 48.1 Å². The highest BCUT2D eigenvalue weighted by molar-refractivity contribution is 9.09. The molecule has 0 saturated heterocycles. The molecule has 0 fully saturated rings. The highest BCUT2D eigenvalue weighted by atomic mass is 79.9. The molecule has 0 spiro atoms. The van der Waals surface area contributed by atoms with Gasteiger partial charge in [0.2, 0.25) is 0 Å². The zero-order valence-electron chi connectivity index (χ0n) is 11.1. The number of alkyl halides is 1. The zero-order chi connectivity index (χ0) is 13.9. The van der Waals surface area contributed by atoms with Crippen LogP contribution in [0.5, 0.6) is 0 Å². The van der Waals surface area contributed by atoms with Gasteiger partial charge in [-0.15, -0.1) is 11.8 Å². The molecule has 3 heteroatoms. The Morgan fingerprint density at radius 2 is 1.90 bits per heavy atom.